The molecule has 0 atom stereocenters. The third kappa shape index (κ3) is 2.64. The van der Waals surface area contributed by atoms with E-state index in [4.69, 9.17) is 10.4 Å². The van der Waals surface area contributed by atoms with E-state index in [1.165, 1.54) is 6.08 Å². The van der Waals surface area contributed by atoms with Gasteiger partial charge in [-0.15, -0.1) is 0 Å². The van der Waals surface area contributed by atoms with Crippen LogP contribution in [0, 0.1) is 11.3 Å². The maximum absolute atomic E-state index is 11.8. The Labute approximate surface area is 113 Å². The predicted molar refractivity (Wildman–Crippen MR) is 67.0 cm³/mol. The van der Waals surface area contributed by atoms with E-state index in [0.717, 1.165) is 0 Å². The number of carbonyl (C=O) groups is 3. The Bertz CT molecular complexity index is 655. The highest BCUT2D eigenvalue weighted by Gasteiger charge is 2.34. The average molecular weight is 271 g/mol. The Morgan fingerprint density at radius 3 is 2.55 bits per heavy atom. The number of nitrogens with one attached hydrogen (secondary N) is 1. The number of hydrogen-bond donors (Lipinski definition) is 2. The Kier molecular flexibility index (Phi) is 3.48. The van der Waals surface area contributed by atoms with Crippen LogP contribution in [0.15, 0.2) is 30.0 Å². The fourth-order valence-corrected chi connectivity index (χ4v) is 1.67. The quantitative estimate of drug-likeness (QED) is 0.615. The van der Waals surface area contributed by atoms with Crippen molar-refractivity contribution in [3.05, 3.63) is 41.1 Å². The van der Waals surface area contributed by atoms with Gasteiger partial charge >= 0.3 is 12.0 Å². The van der Waals surface area contributed by atoms with E-state index < -0.39 is 24.5 Å². The molecule has 1 aliphatic heterocycles. The van der Waals surface area contributed by atoms with Gasteiger partial charge < -0.3 is 10.4 Å². The summed E-state index contributed by atoms with van der Waals surface area (Å²) in [7, 11) is 0. The van der Waals surface area contributed by atoms with Gasteiger partial charge in [-0.2, -0.15) is 5.26 Å². The molecular formula is C13H9N3O4. The SMILES string of the molecule is N#Cc1ccc(C=C2NC(=O)N(CC(=O)O)C2=O)cc1. The Balaban J connectivity index is 2.23. The average Bonchev–Trinajstić information content (AvgIpc) is 2.67. The molecule has 0 bridgehead atoms. The zero-order valence-electron chi connectivity index (χ0n) is 10.2. The van der Waals surface area contributed by atoms with Crippen LogP contribution in [0.1, 0.15) is 11.1 Å². The summed E-state index contributed by atoms with van der Waals surface area (Å²) in [5.41, 5.74) is 1.09. The first-order chi connectivity index (χ1) is 9.51. The van der Waals surface area contributed by atoms with Crippen LogP contribution in [0.4, 0.5) is 4.79 Å². The molecule has 3 amide bonds. The Morgan fingerprint density at radius 2 is 2.00 bits per heavy atom. The molecule has 0 aliphatic carbocycles. The maximum Gasteiger partial charge on any atom is 0.329 e. The number of nitrogens with zero attached hydrogens (tertiary/aromatic N) is 2. The molecule has 0 saturated carbocycles. The molecule has 0 radical (unpaired) electrons. The summed E-state index contributed by atoms with van der Waals surface area (Å²) >= 11 is 0. The van der Waals surface area contributed by atoms with E-state index in [9.17, 15) is 14.4 Å². The van der Waals surface area contributed by atoms with E-state index in [1.54, 1.807) is 24.3 Å². The topological polar surface area (TPSA) is 110 Å². The molecule has 2 N–H and O–H groups in total. The molecule has 1 aliphatic rings. The summed E-state index contributed by atoms with van der Waals surface area (Å²) in [6, 6.07) is 7.57. The van der Waals surface area contributed by atoms with Gasteiger partial charge in [-0.1, -0.05) is 12.1 Å². The summed E-state index contributed by atoms with van der Waals surface area (Å²) < 4.78 is 0. The van der Waals surface area contributed by atoms with Gasteiger partial charge in [0.2, 0.25) is 0 Å². The monoisotopic (exact) mass is 271 g/mol. The molecule has 0 unspecified atom stereocenters. The zero-order valence-corrected chi connectivity index (χ0v) is 10.2. The molecular weight excluding hydrogens is 262 g/mol. The number of amides is 3. The summed E-state index contributed by atoms with van der Waals surface area (Å²) in [6.45, 7) is -0.685. The van der Waals surface area contributed by atoms with Crippen molar-refractivity contribution >= 4 is 24.0 Å². The van der Waals surface area contributed by atoms with Crippen LogP contribution in [0.2, 0.25) is 0 Å². The highest BCUT2D eigenvalue weighted by molar-refractivity contribution is 6.15. The van der Waals surface area contributed by atoms with Crippen LogP contribution in [0.3, 0.4) is 0 Å². The minimum absolute atomic E-state index is 0.000887. The highest BCUT2D eigenvalue weighted by atomic mass is 16.4. The highest BCUT2D eigenvalue weighted by Crippen LogP contribution is 2.14. The lowest BCUT2D eigenvalue weighted by atomic mass is 10.1. The predicted octanol–water partition coefficient (Wildman–Crippen LogP) is 0.536. The first-order valence-corrected chi connectivity index (χ1v) is 5.58. The van der Waals surface area contributed by atoms with Crippen molar-refractivity contribution in [2.45, 2.75) is 0 Å². The van der Waals surface area contributed by atoms with Crippen molar-refractivity contribution in [3.8, 4) is 6.07 Å². The standard InChI is InChI=1S/C13H9N3O4/c14-6-9-3-1-8(2-4-9)5-10-12(19)16(7-11(17)18)13(20)15-10/h1-5H,7H2,(H,15,20)(H,17,18). The van der Waals surface area contributed by atoms with Crippen LogP contribution >= 0.6 is 0 Å². The van der Waals surface area contributed by atoms with E-state index in [2.05, 4.69) is 5.32 Å². The van der Waals surface area contributed by atoms with Crippen molar-refractivity contribution in [1.29, 1.82) is 5.26 Å². The largest absolute Gasteiger partial charge is 0.480 e. The van der Waals surface area contributed by atoms with Gasteiger partial charge in [0.25, 0.3) is 5.91 Å². The first-order valence-electron chi connectivity index (χ1n) is 5.58. The number of hydrogen-bond acceptors (Lipinski definition) is 4. The van der Waals surface area contributed by atoms with Crippen molar-refractivity contribution in [2.75, 3.05) is 6.54 Å². The van der Waals surface area contributed by atoms with Crippen LogP contribution in [0.25, 0.3) is 6.08 Å². The van der Waals surface area contributed by atoms with Crippen LogP contribution < -0.4 is 5.32 Å². The summed E-state index contributed by atoms with van der Waals surface area (Å²) in [4.78, 5) is 34.5. The number of aliphatic carboxylic acids is 1. The Morgan fingerprint density at radius 1 is 1.35 bits per heavy atom. The third-order valence-corrected chi connectivity index (χ3v) is 2.61. The molecule has 0 spiro atoms. The smallest absolute Gasteiger partial charge is 0.329 e. The molecule has 1 aromatic rings. The molecule has 100 valence electrons. The summed E-state index contributed by atoms with van der Waals surface area (Å²) in [5, 5.41) is 19.6. The molecule has 1 heterocycles. The first kappa shape index (κ1) is 13.3. The molecule has 1 fully saturated rings. The van der Waals surface area contributed by atoms with Gasteiger partial charge in [-0.25, -0.2) is 9.69 Å². The molecule has 0 aromatic heterocycles. The second kappa shape index (κ2) is 5.24. The fraction of sp³-hybridized carbons (Fsp3) is 0.0769. The number of imide groups is 1. The van der Waals surface area contributed by atoms with Gasteiger partial charge in [0.1, 0.15) is 12.2 Å². The Hall–Kier alpha value is -3.14. The fourth-order valence-electron chi connectivity index (χ4n) is 1.67. The minimum atomic E-state index is -1.27. The van der Waals surface area contributed by atoms with Crippen molar-refractivity contribution in [2.24, 2.45) is 0 Å². The summed E-state index contributed by atoms with van der Waals surface area (Å²) in [6.07, 6.45) is 1.42. The van der Waals surface area contributed by atoms with Gasteiger partial charge in [0.05, 0.1) is 11.6 Å². The molecule has 20 heavy (non-hydrogen) atoms. The lowest BCUT2D eigenvalue weighted by Crippen LogP contribution is -2.35. The molecule has 7 heteroatoms. The van der Waals surface area contributed by atoms with Gasteiger partial charge in [-0.3, -0.25) is 9.59 Å². The maximum atomic E-state index is 11.8. The number of nitriles is 1. The van der Waals surface area contributed by atoms with Crippen LogP contribution in [-0.2, 0) is 9.59 Å². The van der Waals surface area contributed by atoms with Crippen LogP contribution in [0.5, 0.6) is 0 Å². The molecule has 1 saturated heterocycles. The van der Waals surface area contributed by atoms with Crippen molar-refractivity contribution in [1.82, 2.24) is 10.2 Å². The van der Waals surface area contributed by atoms with Crippen molar-refractivity contribution in [3.63, 3.8) is 0 Å². The molecule has 7 nitrogen and oxygen atoms in total. The lowest BCUT2D eigenvalue weighted by Gasteiger charge is -2.06. The summed E-state index contributed by atoms with van der Waals surface area (Å²) in [5.74, 6) is -1.96. The minimum Gasteiger partial charge on any atom is -0.480 e. The molecule has 1 aromatic carbocycles. The van der Waals surface area contributed by atoms with E-state index >= 15 is 0 Å². The van der Waals surface area contributed by atoms with Gasteiger partial charge in [0, 0.05) is 0 Å². The number of rotatable bonds is 3. The normalized spacial score (nSPS) is 16.1. The van der Waals surface area contributed by atoms with E-state index in [-0.39, 0.29) is 5.70 Å². The third-order valence-electron chi connectivity index (χ3n) is 2.61. The number of urea groups is 1. The zero-order chi connectivity index (χ0) is 14.7. The number of carboxylic acids is 1. The van der Waals surface area contributed by atoms with E-state index in [0.29, 0.717) is 16.0 Å². The lowest BCUT2D eigenvalue weighted by molar-refractivity contribution is -0.140. The van der Waals surface area contributed by atoms with E-state index in [1.807, 2.05) is 6.07 Å². The number of benzene rings is 1. The second-order valence-electron chi connectivity index (χ2n) is 4.01. The van der Waals surface area contributed by atoms with Crippen LogP contribution in [-0.4, -0.2) is 34.5 Å². The van der Waals surface area contributed by atoms with Gasteiger partial charge in [0.15, 0.2) is 0 Å². The number of carbonyl (C=O) groups excluding carboxylic acids is 2. The van der Waals surface area contributed by atoms with Gasteiger partial charge in [-0.05, 0) is 23.8 Å². The molecule has 2 rings (SSSR count). The second-order valence-corrected chi connectivity index (χ2v) is 4.01. The van der Waals surface area contributed by atoms with Crippen molar-refractivity contribution < 1.29 is 19.5 Å². The number of carboxylic acid groups (broad SMARTS) is 1.